The van der Waals surface area contributed by atoms with Crippen LogP contribution in [0.5, 0.6) is 0 Å². The highest BCUT2D eigenvalue weighted by molar-refractivity contribution is 5.77. The highest BCUT2D eigenvalue weighted by atomic mass is 16.1. The van der Waals surface area contributed by atoms with E-state index in [9.17, 15) is 4.79 Å². The predicted molar refractivity (Wildman–Crippen MR) is 58.1 cm³/mol. The van der Waals surface area contributed by atoms with Gasteiger partial charge < -0.3 is 10.6 Å². The average Bonchev–Trinajstić information content (AvgIpc) is 2.67. The Morgan fingerprint density at radius 3 is 3.00 bits per heavy atom. The first-order valence-corrected chi connectivity index (χ1v) is 5.14. The molecule has 0 fully saturated rings. The summed E-state index contributed by atoms with van der Waals surface area (Å²) in [5, 5.41) is 12.5. The van der Waals surface area contributed by atoms with Crippen molar-refractivity contribution in [3.8, 4) is 0 Å². The lowest BCUT2D eigenvalue weighted by atomic mass is 10.2. The summed E-state index contributed by atoms with van der Waals surface area (Å²) in [5.41, 5.74) is 0.978. The highest BCUT2D eigenvalue weighted by Crippen LogP contribution is 1.89. The predicted octanol–water partition coefficient (Wildman–Crippen LogP) is 0.271. The second-order valence-electron chi connectivity index (χ2n) is 3.88. The molecule has 0 aromatic carbocycles. The Labute approximate surface area is 89.6 Å². The summed E-state index contributed by atoms with van der Waals surface area (Å²) in [7, 11) is 0. The van der Waals surface area contributed by atoms with Crippen LogP contribution < -0.4 is 10.6 Å². The van der Waals surface area contributed by atoms with Crippen molar-refractivity contribution in [1.29, 1.82) is 0 Å². The van der Waals surface area contributed by atoms with Crippen LogP contribution in [0, 0.1) is 5.92 Å². The summed E-state index contributed by atoms with van der Waals surface area (Å²) in [6.45, 7) is 5.84. The Hall–Kier alpha value is -1.36. The lowest BCUT2D eigenvalue weighted by Gasteiger charge is -2.07. The fraction of sp³-hybridized carbons (Fsp3) is 0.600. The number of carbonyl (C=O) groups excluding carboxylic acids is 1. The number of amides is 1. The van der Waals surface area contributed by atoms with E-state index in [0.29, 0.717) is 19.0 Å². The molecule has 0 aliphatic carbocycles. The first-order valence-electron chi connectivity index (χ1n) is 5.14. The molecule has 1 aromatic rings. The van der Waals surface area contributed by atoms with Gasteiger partial charge in [0.05, 0.1) is 6.54 Å². The van der Waals surface area contributed by atoms with Crippen molar-refractivity contribution >= 4 is 5.91 Å². The van der Waals surface area contributed by atoms with Crippen LogP contribution in [0.1, 0.15) is 19.5 Å². The van der Waals surface area contributed by atoms with E-state index >= 15 is 0 Å². The average molecular weight is 210 g/mol. The summed E-state index contributed by atoms with van der Waals surface area (Å²) in [6.07, 6.45) is 1.69. The molecular weight excluding hydrogens is 192 g/mol. The van der Waals surface area contributed by atoms with Gasteiger partial charge in [0.2, 0.25) is 5.91 Å². The smallest absolute Gasteiger partial charge is 0.233 e. The number of hydrogen-bond acceptors (Lipinski definition) is 3. The highest BCUT2D eigenvalue weighted by Gasteiger charge is 2.01. The van der Waals surface area contributed by atoms with Crippen LogP contribution in [0.25, 0.3) is 0 Å². The van der Waals surface area contributed by atoms with E-state index in [2.05, 4.69) is 34.7 Å². The van der Waals surface area contributed by atoms with Crippen molar-refractivity contribution in [2.24, 2.45) is 5.92 Å². The van der Waals surface area contributed by atoms with Gasteiger partial charge in [-0.15, -0.1) is 0 Å². The molecule has 1 heterocycles. The Bertz CT molecular complexity index is 282. The topological polar surface area (TPSA) is 69.8 Å². The zero-order chi connectivity index (χ0) is 11.1. The van der Waals surface area contributed by atoms with Gasteiger partial charge in [0.1, 0.15) is 0 Å². The molecular formula is C10H18N4O. The third-order valence-corrected chi connectivity index (χ3v) is 1.87. The van der Waals surface area contributed by atoms with Gasteiger partial charge in [-0.3, -0.25) is 9.89 Å². The summed E-state index contributed by atoms with van der Waals surface area (Å²) in [4.78, 5) is 11.3. The van der Waals surface area contributed by atoms with Crippen LogP contribution >= 0.6 is 0 Å². The lowest BCUT2D eigenvalue weighted by Crippen LogP contribution is -2.35. The number of aromatic amines is 1. The van der Waals surface area contributed by atoms with E-state index in [-0.39, 0.29) is 5.91 Å². The summed E-state index contributed by atoms with van der Waals surface area (Å²) in [6, 6.07) is 1.87. The summed E-state index contributed by atoms with van der Waals surface area (Å²) in [5.74, 6) is 0.518. The molecule has 0 radical (unpaired) electrons. The maximum Gasteiger partial charge on any atom is 0.233 e. The molecule has 0 bridgehead atoms. The minimum atomic E-state index is 0.0308. The van der Waals surface area contributed by atoms with Crippen molar-refractivity contribution in [1.82, 2.24) is 20.8 Å². The molecule has 0 saturated heterocycles. The van der Waals surface area contributed by atoms with Gasteiger partial charge in [0.15, 0.2) is 0 Å². The minimum absolute atomic E-state index is 0.0308. The molecule has 0 unspecified atom stereocenters. The Morgan fingerprint density at radius 1 is 1.60 bits per heavy atom. The van der Waals surface area contributed by atoms with Crippen LogP contribution in [0.4, 0.5) is 0 Å². The number of hydrogen-bond donors (Lipinski definition) is 3. The fourth-order valence-corrected chi connectivity index (χ4v) is 1.07. The number of aromatic nitrogens is 2. The lowest BCUT2D eigenvalue weighted by molar-refractivity contribution is -0.120. The molecule has 0 aliphatic rings. The summed E-state index contributed by atoms with van der Waals surface area (Å²) >= 11 is 0. The Morgan fingerprint density at radius 2 is 2.40 bits per heavy atom. The van der Waals surface area contributed by atoms with Crippen LogP contribution in [-0.2, 0) is 11.3 Å². The van der Waals surface area contributed by atoms with Gasteiger partial charge in [0, 0.05) is 25.0 Å². The monoisotopic (exact) mass is 210 g/mol. The summed E-state index contributed by atoms with van der Waals surface area (Å²) < 4.78 is 0. The van der Waals surface area contributed by atoms with Gasteiger partial charge in [-0.1, -0.05) is 13.8 Å². The number of nitrogens with zero attached hydrogens (tertiary/aromatic N) is 1. The first kappa shape index (κ1) is 11.7. The minimum Gasteiger partial charge on any atom is -0.355 e. The molecule has 15 heavy (non-hydrogen) atoms. The van der Waals surface area contributed by atoms with E-state index < -0.39 is 0 Å². The van der Waals surface area contributed by atoms with Gasteiger partial charge in [0.25, 0.3) is 0 Å². The third kappa shape index (κ3) is 5.17. The SMILES string of the molecule is CC(C)CNC(=O)CNCc1ccn[nH]1. The molecule has 1 aromatic heterocycles. The molecule has 3 N–H and O–H groups in total. The van der Waals surface area contributed by atoms with Crippen LogP contribution in [-0.4, -0.2) is 29.2 Å². The number of H-pyrrole nitrogens is 1. The van der Waals surface area contributed by atoms with Crippen molar-refractivity contribution in [2.45, 2.75) is 20.4 Å². The maximum atomic E-state index is 11.3. The van der Waals surface area contributed by atoms with Crippen molar-refractivity contribution in [3.63, 3.8) is 0 Å². The molecule has 5 nitrogen and oxygen atoms in total. The molecule has 84 valence electrons. The zero-order valence-corrected chi connectivity index (χ0v) is 9.21. The zero-order valence-electron chi connectivity index (χ0n) is 9.21. The standard InChI is InChI=1S/C10H18N4O/c1-8(2)5-12-10(15)7-11-6-9-3-4-13-14-9/h3-4,8,11H,5-7H2,1-2H3,(H,12,15)(H,13,14). The fourth-order valence-electron chi connectivity index (χ4n) is 1.07. The normalized spacial score (nSPS) is 10.6. The molecule has 1 rings (SSSR count). The largest absolute Gasteiger partial charge is 0.355 e. The van der Waals surface area contributed by atoms with Gasteiger partial charge >= 0.3 is 0 Å². The van der Waals surface area contributed by atoms with Crippen LogP contribution in [0.2, 0.25) is 0 Å². The van der Waals surface area contributed by atoms with Gasteiger partial charge in [-0.25, -0.2) is 0 Å². The van der Waals surface area contributed by atoms with Crippen LogP contribution in [0.3, 0.4) is 0 Å². The third-order valence-electron chi connectivity index (χ3n) is 1.87. The van der Waals surface area contributed by atoms with Crippen molar-refractivity contribution < 1.29 is 4.79 Å². The second-order valence-corrected chi connectivity index (χ2v) is 3.88. The molecule has 0 saturated carbocycles. The maximum absolute atomic E-state index is 11.3. The van der Waals surface area contributed by atoms with Crippen molar-refractivity contribution in [2.75, 3.05) is 13.1 Å². The van der Waals surface area contributed by atoms with E-state index in [1.165, 1.54) is 0 Å². The molecule has 0 spiro atoms. The van der Waals surface area contributed by atoms with Crippen molar-refractivity contribution in [3.05, 3.63) is 18.0 Å². The molecule has 5 heteroatoms. The number of rotatable bonds is 6. The first-order chi connectivity index (χ1) is 7.18. The van der Waals surface area contributed by atoms with E-state index in [1.54, 1.807) is 6.20 Å². The number of carbonyl (C=O) groups is 1. The Kier molecular flexibility index (Phi) is 4.83. The molecule has 0 atom stereocenters. The van der Waals surface area contributed by atoms with E-state index in [0.717, 1.165) is 12.2 Å². The van der Waals surface area contributed by atoms with E-state index in [1.807, 2.05) is 6.07 Å². The molecule has 1 amide bonds. The second kappa shape index (κ2) is 6.19. The van der Waals surface area contributed by atoms with Gasteiger partial charge in [-0.05, 0) is 12.0 Å². The van der Waals surface area contributed by atoms with Gasteiger partial charge in [-0.2, -0.15) is 5.10 Å². The van der Waals surface area contributed by atoms with E-state index in [4.69, 9.17) is 0 Å². The quantitative estimate of drug-likeness (QED) is 0.631. The molecule has 0 aliphatic heterocycles. The number of nitrogens with one attached hydrogen (secondary N) is 3. The van der Waals surface area contributed by atoms with Crippen LogP contribution in [0.15, 0.2) is 12.3 Å². The Balaban J connectivity index is 2.07.